The van der Waals surface area contributed by atoms with Crippen molar-refractivity contribution in [1.82, 2.24) is 10.8 Å². The number of hydrogen-bond donors (Lipinski definition) is 2. The van der Waals surface area contributed by atoms with Crippen molar-refractivity contribution in [2.24, 2.45) is 23.7 Å². The van der Waals surface area contributed by atoms with Gasteiger partial charge in [-0.25, -0.2) is 5.48 Å². The molecule has 5 nitrogen and oxygen atoms in total. The van der Waals surface area contributed by atoms with E-state index in [1.807, 2.05) is 48.5 Å². The average molecular weight is 435 g/mol. The van der Waals surface area contributed by atoms with Crippen LogP contribution in [0.2, 0.25) is 0 Å². The predicted octanol–water partition coefficient (Wildman–Crippen LogP) is 4.08. The number of Topliss-reactive ketones (excluding diaryl/α,β-unsaturated/α-hetero) is 1. The van der Waals surface area contributed by atoms with Gasteiger partial charge in [0.1, 0.15) is 11.7 Å². The highest BCUT2D eigenvalue weighted by atomic mass is 16.6. The smallest absolute Gasteiger partial charge is 0.230 e. The van der Waals surface area contributed by atoms with Crippen LogP contribution < -0.4 is 10.8 Å². The normalized spacial score (nSPS) is 22.1. The van der Waals surface area contributed by atoms with Gasteiger partial charge in [-0.1, -0.05) is 86.3 Å². The fraction of sp³-hybridized carbons (Fsp3) is 0.481. The van der Waals surface area contributed by atoms with Gasteiger partial charge in [0.15, 0.2) is 0 Å². The number of carbonyl (C=O) groups is 2. The zero-order valence-corrected chi connectivity index (χ0v) is 18.7. The molecule has 2 aliphatic rings. The summed E-state index contributed by atoms with van der Waals surface area (Å²) in [7, 11) is 0. The molecule has 1 heterocycles. The van der Waals surface area contributed by atoms with Crippen molar-refractivity contribution in [2.75, 3.05) is 13.1 Å². The van der Waals surface area contributed by atoms with Crippen molar-refractivity contribution < 1.29 is 14.4 Å². The van der Waals surface area contributed by atoms with E-state index in [4.69, 9.17) is 4.84 Å². The Morgan fingerprint density at radius 3 is 2.34 bits per heavy atom. The molecule has 1 aliphatic carbocycles. The van der Waals surface area contributed by atoms with Crippen molar-refractivity contribution in [2.45, 2.75) is 45.1 Å². The summed E-state index contributed by atoms with van der Waals surface area (Å²) in [6, 6.07) is 20.1. The van der Waals surface area contributed by atoms with Crippen molar-refractivity contribution in [3.8, 4) is 0 Å². The maximum absolute atomic E-state index is 13.7. The van der Waals surface area contributed by atoms with Gasteiger partial charge in [-0.05, 0) is 35.8 Å². The number of amides is 1. The van der Waals surface area contributed by atoms with Gasteiger partial charge in [0, 0.05) is 19.0 Å². The summed E-state index contributed by atoms with van der Waals surface area (Å²) in [4.78, 5) is 32.0. The first kappa shape index (κ1) is 22.7. The molecule has 4 rings (SSSR count). The zero-order valence-electron chi connectivity index (χ0n) is 18.7. The summed E-state index contributed by atoms with van der Waals surface area (Å²) >= 11 is 0. The molecule has 1 saturated heterocycles. The maximum Gasteiger partial charge on any atom is 0.230 e. The molecule has 0 spiro atoms. The third kappa shape index (κ3) is 6.05. The lowest BCUT2D eigenvalue weighted by molar-refractivity contribution is -0.136. The van der Waals surface area contributed by atoms with E-state index in [2.05, 4.69) is 22.9 Å². The summed E-state index contributed by atoms with van der Waals surface area (Å²) < 4.78 is 0. The standard InChI is InChI=1S/C27H34N2O3/c30-26(25-23(17-28-27(25)31)15-20-9-3-1-4-10-20)24(16-21-11-7-8-12-21)18-29-32-19-22-13-5-2-6-14-22/h1-6,9-10,13-14,21,23-25,29H,7-8,11-12,15-19H2,(H,28,31). The van der Waals surface area contributed by atoms with Crippen molar-refractivity contribution in [1.29, 1.82) is 0 Å². The third-order valence-electron chi connectivity index (χ3n) is 6.95. The van der Waals surface area contributed by atoms with Gasteiger partial charge in [-0.3, -0.25) is 14.4 Å². The number of ketones is 1. The Balaban J connectivity index is 1.39. The fourth-order valence-corrected chi connectivity index (χ4v) is 5.21. The van der Waals surface area contributed by atoms with E-state index in [0.29, 0.717) is 25.6 Å². The first-order valence-electron chi connectivity index (χ1n) is 11.9. The third-order valence-corrected chi connectivity index (χ3v) is 6.95. The first-order valence-corrected chi connectivity index (χ1v) is 11.9. The van der Waals surface area contributed by atoms with Crippen LogP contribution in [-0.2, 0) is 27.5 Å². The van der Waals surface area contributed by atoms with Crippen LogP contribution in [0.5, 0.6) is 0 Å². The maximum atomic E-state index is 13.7. The van der Waals surface area contributed by atoms with E-state index >= 15 is 0 Å². The Labute approximate surface area is 190 Å². The van der Waals surface area contributed by atoms with Gasteiger partial charge in [-0.15, -0.1) is 0 Å². The minimum atomic E-state index is -0.572. The number of rotatable bonds is 11. The van der Waals surface area contributed by atoms with Gasteiger partial charge in [-0.2, -0.15) is 0 Å². The largest absolute Gasteiger partial charge is 0.355 e. The molecule has 0 bridgehead atoms. The van der Waals surface area contributed by atoms with Crippen molar-refractivity contribution in [3.63, 3.8) is 0 Å². The lowest BCUT2D eigenvalue weighted by atomic mass is 9.79. The van der Waals surface area contributed by atoms with E-state index < -0.39 is 5.92 Å². The van der Waals surface area contributed by atoms with E-state index in [-0.39, 0.29) is 23.5 Å². The molecule has 1 saturated carbocycles. The Morgan fingerprint density at radius 2 is 1.66 bits per heavy atom. The highest BCUT2D eigenvalue weighted by molar-refractivity contribution is 6.04. The highest BCUT2D eigenvalue weighted by Crippen LogP contribution is 2.33. The van der Waals surface area contributed by atoms with Crippen LogP contribution in [0.25, 0.3) is 0 Å². The van der Waals surface area contributed by atoms with Gasteiger partial charge in [0.2, 0.25) is 5.91 Å². The molecule has 32 heavy (non-hydrogen) atoms. The highest BCUT2D eigenvalue weighted by Gasteiger charge is 2.43. The van der Waals surface area contributed by atoms with Crippen molar-refractivity contribution >= 4 is 11.7 Å². The molecular formula is C27H34N2O3. The van der Waals surface area contributed by atoms with E-state index in [0.717, 1.165) is 18.4 Å². The van der Waals surface area contributed by atoms with Crippen LogP contribution in [0.3, 0.4) is 0 Å². The first-order chi connectivity index (χ1) is 15.7. The van der Waals surface area contributed by atoms with Gasteiger partial charge < -0.3 is 5.32 Å². The van der Waals surface area contributed by atoms with Gasteiger partial charge in [0.25, 0.3) is 0 Å². The second kappa shape index (κ2) is 11.4. The quantitative estimate of drug-likeness (QED) is 0.318. The molecule has 3 atom stereocenters. The molecule has 2 fully saturated rings. The number of hydrogen-bond acceptors (Lipinski definition) is 4. The minimum Gasteiger partial charge on any atom is -0.355 e. The van der Waals surface area contributed by atoms with Crippen LogP contribution in [0.1, 0.15) is 43.2 Å². The summed E-state index contributed by atoms with van der Waals surface area (Å²) in [5.41, 5.74) is 5.29. The van der Waals surface area contributed by atoms with Crippen LogP contribution in [0.4, 0.5) is 0 Å². The molecular weight excluding hydrogens is 400 g/mol. The number of nitrogens with one attached hydrogen (secondary N) is 2. The zero-order chi connectivity index (χ0) is 22.2. The summed E-state index contributed by atoms with van der Waals surface area (Å²) in [6.07, 6.45) is 6.42. The molecule has 2 N–H and O–H groups in total. The van der Waals surface area contributed by atoms with Crippen LogP contribution in [-0.4, -0.2) is 24.8 Å². The van der Waals surface area contributed by atoms with E-state index in [9.17, 15) is 9.59 Å². The second-order valence-electron chi connectivity index (χ2n) is 9.28. The number of carbonyl (C=O) groups excluding carboxylic acids is 2. The Bertz CT molecular complexity index is 865. The minimum absolute atomic E-state index is 0.00807. The Morgan fingerprint density at radius 1 is 1.00 bits per heavy atom. The van der Waals surface area contributed by atoms with Crippen LogP contribution in [0, 0.1) is 23.7 Å². The van der Waals surface area contributed by atoms with E-state index in [1.54, 1.807) is 0 Å². The molecule has 0 aromatic heterocycles. The molecule has 170 valence electrons. The Hall–Kier alpha value is -2.50. The molecule has 1 aliphatic heterocycles. The van der Waals surface area contributed by atoms with Gasteiger partial charge in [0.05, 0.1) is 6.61 Å². The molecule has 2 aromatic carbocycles. The number of hydroxylamine groups is 1. The summed E-state index contributed by atoms with van der Waals surface area (Å²) in [6.45, 7) is 1.47. The lowest BCUT2D eigenvalue weighted by Gasteiger charge is -2.24. The molecule has 1 amide bonds. The summed E-state index contributed by atoms with van der Waals surface area (Å²) in [5.74, 6) is -0.245. The molecule has 3 unspecified atom stereocenters. The predicted molar refractivity (Wildman–Crippen MR) is 124 cm³/mol. The lowest BCUT2D eigenvalue weighted by Crippen LogP contribution is -2.38. The number of benzene rings is 2. The summed E-state index contributed by atoms with van der Waals surface area (Å²) in [5, 5.41) is 2.95. The molecule has 0 radical (unpaired) electrons. The monoisotopic (exact) mass is 434 g/mol. The van der Waals surface area contributed by atoms with Crippen LogP contribution in [0.15, 0.2) is 60.7 Å². The van der Waals surface area contributed by atoms with E-state index in [1.165, 1.54) is 31.2 Å². The molecule has 2 aromatic rings. The fourth-order valence-electron chi connectivity index (χ4n) is 5.21. The molecule has 5 heteroatoms. The topological polar surface area (TPSA) is 67.4 Å². The van der Waals surface area contributed by atoms with Crippen molar-refractivity contribution in [3.05, 3.63) is 71.8 Å². The SMILES string of the molecule is O=C1NCC(Cc2ccccc2)C1C(=O)C(CNOCc1ccccc1)CC1CCCC1. The second-order valence-corrected chi connectivity index (χ2v) is 9.28. The van der Waals surface area contributed by atoms with Crippen LogP contribution >= 0.6 is 0 Å². The average Bonchev–Trinajstić information content (AvgIpc) is 3.46. The van der Waals surface area contributed by atoms with Gasteiger partial charge >= 0.3 is 0 Å². The Kier molecular flexibility index (Phi) is 8.07.